The summed E-state index contributed by atoms with van der Waals surface area (Å²) in [5, 5.41) is 3.66. The second-order valence-corrected chi connectivity index (χ2v) is 5.46. The third kappa shape index (κ3) is 0.980. The van der Waals surface area contributed by atoms with Crippen molar-refractivity contribution in [2.24, 2.45) is 5.92 Å². The van der Waals surface area contributed by atoms with Crippen LogP contribution in [0.3, 0.4) is 0 Å². The first-order valence-corrected chi connectivity index (χ1v) is 6.01. The van der Waals surface area contributed by atoms with Crippen LogP contribution in [-0.2, 0) is 4.74 Å². The van der Waals surface area contributed by atoms with Crippen molar-refractivity contribution in [1.29, 1.82) is 0 Å². The minimum Gasteiger partial charge on any atom is -0.375 e. The quantitative estimate of drug-likeness (QED) is 0.646. The summed E-state index contributed by atoms with van der Waals surface area (Å²) in [5.41, 5.74) is 0. The molecule has 5 atom stereocenters. The van der Waals surface area contributed by atoms with Crippen molar-refractivity contribution in [3.05, 3.63) is 0 Å². The van der Waals surface area contributed by atoms with E-state index in [0.717, 1.165) is 30.7 Å². The van der Waals surface area contributed by atoms with E-state index in [-0.39, 0.29) is 0 Å². The van der Waals surface area contributed by atoms with Gasteiger partial charge in [0.25, 0.3) is 0 Å². The van der Waals surface area contributed by atoms with Gasteiger partial charge in [-0.25, -0.2) is 0 Å². The summed E-state index contributed by atoms with van der Waals surface area (Å²) in [6, 6.07) is 2.40. The number of hydrogen-bond acceptors (Lipinski definition) is 3. The van der Waals surface area contributed by atoms with Crippen LogP contribution in [0.1, 0.15) is 19.3 Å². The van der Waals surface area contributed by atoms with Crippen LogP contribution in [0.4, 0.5) is 0 Å². The first-order chi connectivity index (χ1) is 6.90. The molecule has 0 aromatic carbocycles. The number of rotatable bonds is 1. The normalized spacial score (nSPS) is 56.1. The topological polar surface area (TPSA) is 24.5 Å². The summed E-state index contributed by atoms with van der Waals surface area (Å²) in [7, 11) is 0. The summed E-state index contributed by atoms with van der Waals surface area (Å²) in [5.74, 6) is 0.977. The Balaban J connectivity index is 1.54. The van der Waals surface area contributed by atoms with Gasteiger partial charge < -0.3 is 10.1 Å². The van der Waals surface area contributed by atoms with E-state index >= 15 is 0 Å². The second-order valence-electron chi connectivity index (χ2n) is 5.46. The van der Waals surface area contributed by atoms with Crippen LogP contribution in [-0.4, -0.2) is 48.8 Å². The minimum atomic E-state index is 0.569. The number of ether oxygens (including phenoxy) is 1. The summed E-state index contributed by atoms with van der Waals surface area (Å²) in [4.78, 5) is 2.74. The highest BCUT2D eigenvalue weighted by atomic mass is 16.5. The second kappa shape index (κ2) is 2.71. The Morgan fingerprint density at radius 1 is 1.21 bits per heavy atom. The van der Waals surface area contributed by atoms with E-state index in [4.69, 9.17) is 4.74 Å². The van der Waals surface area contributed by atoms with E-state index in [0.29, 0.717) is 6.10 Å². The van der Waals surface area contributed by atoms with Crippen LogP contribution in [0, 0.1) is 5.92 Å². The van der Waals surface area contributed by atoms with Gasteiger partial charge in [0.05, 0.1) is 12.7 Å². The lowest BCUT2D eigenvalue weighted by Crippen LogP contribution is -2.52. The van der Waals surface area contributed by atoms with Crippen LogP contribution >= 0.6 is 0 Å². The van der Waals surface area contributed by atoms with Gasteiger partial charge in [0.2, 0.25) is 0 Å². The van der Waals surface area contributed by atoms with Crippen LogP contribution < -0.4 is 5.32 Å². The van der Waals surface area contributed by atoms with Gasteiger partial charge in [0.1, 0.15) is 0 Å². The van der Waals surface area contributed by atoms with E-state index in [2.05, 4.69) is 10.2 Å². The molecule has 0 spiro atoms. The Morgan fingerprint density at radius 2 is 2.21 bits per heavy atom. The third-order valence-corrected chi connectivity index (χ3v) is 4.66. The van der Waals surface area contributed by atoms with Gasteiger partial charge in [-0.1, -0.05) is 0 Å². The van der Waals surface area contributed by atoms with E-state index in [1.807, 2.05) is 0 Å². The van der Waals surface area contributed by atoms with E-state index in [1.165, 1.54) is 32.4 Å². The maximum absolute atomic E-state index is 5.66. The molecule has 4 rings (SSSR count). The molecule has 4 fully saturated rings. The Morgan fingerprint density at radius 3 is 2.79 bits per heavy atom. The molecule has 4 bridgehead atoms. The monoisotopic (exact) mass is 194 g/mol. The first kappa shape index (κ1) is 8.08. The molecule has 3 nitrogen and oxygen atoms in total. The number of likely N-dealkylation sites (tertiary alicyclic amines) is 1. The minimum absolute atomic E-state index is 0.569. The van der Waals surface area contributed by atoms with Gasteiger partial charge in [-0.3, -0.25) is 4.90 Å². The number of piperidine rings is 1. The molecule has 3 aliphatic heterocycles. The molecule has 1 N–H and O–H groups in total. The lowest BCUT2D eigenvalue weighted by Gasteiger charge is -2.37. The van der Waals surface area contributed by atoms with Crippen molar-refractivity contribution in [2.45, 2.75) is 43.5 Å². The Hall–Kier alpha value is -0.120. The zero-order valence-corrected chi connectivity index (χ0v) is 8.48. The Labute approximate surface area is 84.8 Å². The Kier molecular flexibility index (Phi) is 1.57. The molecule has 0 radical (unpaired) electrons. The van der Waals surface area contributed by atoms with E-state index in [1.54, 1.807) is 0 Å². The molecular weight excluding hydrogens is 176 g/mol. The Bertz CT molecular complexity index is 232. The standard InChI is InChI=1S/C11H18N2O/c1-7-2-11(10(1)12-4-7)13-5-9-3-8(13)6-14-9/h7-12H,1-6H2/t7-,8?,9?,10?,11?/m0/s1. The zero-order chi connectivity index (χ0) is 9.12. The van der Waals surface area contributed by atoms with Crippen LogP contribution in [0.15, 0.2) is 0 Å². The van der Waals surface area contributed by atoms with Gasteiger partial charge in [-0.05, 0) is 31.7 Å². The molecule has 4 aliphatic rings. The van der Waals surface area contributed by atoms with Crippen molar-refractivity contribution in [3.8, 4) is 0 Å². The molecule has 0 amide bonds. The van der Waals surface area contributed by atoms with Crippen molar-refractivity contribution in [3.63, 3.8) is 0 Å². The maximum Gasteiger partial charge on any atom is 0.0718 e. The van der Waals surface area contributed by atoms with Crippen LogP contribution in [0.5, 0.6) is 0 Å². The van der Waals surface area contributed by atoms with Gasteiger partial charge in [0.15, 0.2) is 0 Å². The lowest BCUT2D eigenvalue weighted by atomic mass is 10.1. The lowest BCUT2D eigenvalue weighted by molar-refractivity contribution is 0.00471. The van der Waals surface area contributed by atoms with Crippen LogP contribution in [0.2, 0.25) is 0 Å². The van der Waals surface area contributed by atoms with E-state index in [9.17, 15) is 0 Å². The molecule has 3 heterocycles. The number of morpholine rings is 1. The molecule has 0 aromatic heterocycles. The number of fused-ring (bicyclic) bond motifs is 4. The van der Waals surface area contributed by atoms with E-state index < -0.39 is 0 Å². The molecule has 3 saturated heterocycles. The zero-order valence-electron chi connectivity index (χ0n) is 8.48. The molecule has 0 aromatic rings. The van der Waals surface area contributed by atoms with Crippen molar-refractivity contribution in [2.75, 3.05) is 19.7 Å². The average Bonchev–Trinajstić information content (AvgIpc) is 2.96. The highest BCUT2D eigenvalue weighted by Crippen LogP contribution is 2.39. The highest BCUT2D eigenvalue weighted by molar-refractivity contribution is 5.05. The fraction of sp³-hybridized carbons (Fsp3) is 1.00. The molecule has 1 saturated carbocycles. The maximum atomic E-state index is 5.66. The molecule has 14 heavy (non-hydrogen) atoms. The number of nitrogens with zero attached hydrogens (tertiary/aromatic N) is 1. The fourth-order valence-electron chi connectivity index (χ4n) is 4.02. The molecule has 78 valence electrons. The fourth-order valence-corrected chi connectivity index (χ4v) is 4.02. The average molecular weight is 194 g/mol. The summed E-state index contributed by atoms with van der Waals surface area (Å²) in [6.07, 6.45) is 4.74. The van der Waals surface area contributed by atoms with Gasteiger partial charge in [-0.15, -0.1) is 0 Å². The van der Waals surface area contributed by atoms with Gasteiger partial charge in [-0.2, -0.15) is 0 Å². The molecule has 1 aliphatic carbocycles. The summed E-state index contributed by atoms with van der Waals surface area (Å²) in [6.45, 7) is 3.48. The van der Waals surface area contributed by atoms with Gasteiger partial charge in [0, 0.05) is 24.7 Å². The first-order valence-electron chi connectivity index (χ1n) is 6.01. The molecule has 3 heteroatoms. The molecule has 4 unspecified atom stereocenters. The molecular formula is C11H18N2O. The SMILES string of the molecule is C1OC2CC1N(C1C[C@H]3CNC1C3)C2. The number of hydrogen-bond donors (Lipinski definition) is 1. The highest BCUT2D eigenvalue weighted by Gasteiger charge is 2.49. The van der Waals surface area contributed by atoms with Gasteiger partial charge >= 0.3 is 0 Å². The largest absolute Gasteiger partial charge is 0.375 e. The summed E-state index contributed by atoms with van der Waals surface area (Å²) < 4.78 is 5.66. The predicted molar refractivity (Wildman–Crippen MR) is 53.2 cm³/mol. The third-order valence-electron chi connectivity index (χ3n) is 4.66. The predicted octanol–water partition coefficient (Wildman–Crippen LogP) is 0.210. The van der Waals surface area contributed by atoms with Crippen molar-refractivity contribution < 1.29 is 4.74 Å². The summed E-state index contributed by atoms with van der Waals surface area (Å²) >= 11 is 0. The van der Waals surface area contributed by atoms with Crippen LogP contribution in [0.25, 0.3) is 0 Å². The smallest absolute Gasteiger partial charge is 0.0718 e. The number of nitrogens with one attached hydrogen (secondary N) is 1. The van der Waals surface area contributed by atoms with Crippen molar-refractivity contribution in [1.82, 2.24) is 10.2 Å². The van der Waals surface area contributed by atoms with Crippen molar-refractivity contribution >= 4 is 0 Å².